The predicted octanol–water partition coefficient (Wildman–Crippen LogP) is 2.86. The molecule has 2 N–H and O–H groups in total. The van der Waals surface area contributed by atoms with Crippen molar-refractivity contribution >= 4 is 17.5 Å². The number of amides is 1. The number of hydrogen-bond acceptors (Lipinski definition) is 4. The summed E-state index contributed by atoms with van der Waals surface area (Å²) in [4.78, 5) is 20.4. The predicted molar refractivity (Wildman–Crippen MR) is 79.9 cm³/mol. The molecule has 0 spiro atoms. The van der Waals surface area contributed by atoms with E-state index in [1.807, 2.05) is 13.8 Å². The molecule has 0 aliphatic heterocycles. The Hall–Kier alpha value is -2.50. The third-order valence-corrected chi connectivity index (χ3v) is 2.83. The Labute approximate surface area is 122 Å². The summed E-state index contributed by atoms with van der Waals surface area (Å²) in [6, 6.07) is 6.08. The zero-order chi connectivity index (χ0) is 15.2. The molecule has 2 aromatic heterocycles. The van der Waals surface area contributed by atoms with Crippen LogP contribution in [0.25, 0.3) is 0 Å². The lowest BCUT2D eigenvalue weighted by atomic mass is 10.2. The molecule has 2 rings (SSSR count). The van der Waals surface area contributed by atoms with Gasteiger partial charge in [-0.05, 0) is 37.6 Å². The lowest BCUT2D eigenvalue weighted by Gasteiger charge is -2.09. The normalized spacial score (nSPS) is 10.2. The van der Waals surface area contributed by atoms with Gasteiger partial charge in [0.05, 0.1) is 6.20 Å². The highest BCUT2D eigenvalue weighted by Crippen LogP contribution is 2.13. The first-order valence-electron chi connectivity index (χ1n) is 6.80. The molecule has 21 heavy (non-hydrogen) atoms. The lowest BCUT2D eigenvalue weighted by molar-refractivity contribution is 0.102. The monoisotopic (exact) mass is 288 g/mol. The number of pyridine rings is 2. The fourth-order valence-electron chi connectivity index (χ4n) is 1.81. The largest absolute Gasteiger partial charge is 0.370 e. The highest BCUT2D eigenvalue weighted by atomic mass is 19.1. The summed E-state index contributed by atoms with van der Waals surface area (Å²) in [7, 11) is 0. The van der Waals surface area contributed by atoms with Crippen molar-refractivity contribution in [1.82, 2.24) is 9.97 Å². The van der Waals surface area contributed by atoms with E-state index in [4.69, 9.17) is 0 Å². The first-order valence-corrected chi connectivity index (χ1v) is 6.80. The Balaban J connectivity index is 2.21. The van der Waals surface area contributed by atoms with Crippen LogP contribution in [0.2, 0.25) is 0 Å². The highest BCUT2D eigenvalue weighted by Gasteiger charge is 2.10. The second-order valence-corrected chi connectivity index (χ2v) is 4.43. The van der Waals surface area contributed by atoms with Gasteiger partial charge >= 0.3 is 0 Å². The van der Waals surface area contributed by atoms with Crippen molar-refractivity contribution in [2.75, 3.05) is 17.2 Å². The second-order valence-electron chi connectivity index (χ2n) is 4.43. The molecule has 0 unspecified atom stereocenters. The van der Waals surface area contributed by atoms with E-state index >= 15 is 0 Å². The molecular formula is C15H17FN4O. The zero-order valence-corrected chi connectivity index (χ0v) is 12.0. The first-order chi connectivity index (χ1) is 10.1. The summed E-state index contributed by atoms with van der Waals surface area (Å²) in [5.41, 5.74) is 1.31. The van der Waals surface area contributed by atoms with Crippen LogP contribution in [0.4, 0.5) is 16.0 Å². The number of nitrogens with zero attached hydrogens (tertiary/aromatic N) is 2. The van der Waals surface area contributed by atoms with E-state index in [0.717, 1.165) is 24.9 Å². The first kappa shape index (κ1) is 14.9. The van der Waals surface area contributed by atoms with Crippen molar-refractivity contribution in [2.45, 2.75) is 20.3 Å². The zero-order valence-electron chi connectivity index (χ0n) is 12.0. The Morgan fingerprint density at radius 1 is 1.24 bits per heavy atom. The van der Waals surface area contributed by atoms with Crippen LogP contribution in [0.1, 0.15) is 29.9 Å². The average Bonchev–Trinajstić information content (AvgIpc) is 2.49. The van der Waals surface area contributed by atoms with Gasteiger partial charge in [-0.3, -0.25) is 4.79 Å². The van der Waals surface area contributed by atoms with Crippen molar-refractivity contribution < 1.29 is 9.18 Å². The minimum absolute atomic E-state index is 0.301. The van der Waals surface area contributed by atoms with Gasteiger partial charge in [0.2, 0.25) is 0 Å². The van der Waals surface area contributed by atoms with Gasteiger partial charge in [0, 0.05) is 17.8 Å². The minimum atomic E-state index is -0.445. The van der Waals surface area contributed by atoms with E-state index in [1.165, 1.54) is 12.1 Å². The lowest BCUT2D eigenvalue weighted by Crippen LogP contribution is -2.14. The van der Waals surface area contributed by atoms with Crippen LogP contribution in [0.3, 0.4) is 0 Å². The Morgan fingerprint density at radius 3 is 2.67 bits per heavy atom. The summed E-state index contributed by atoms with van der Waals surface area (Å²) < 4.78 is 12.8. The number of rotatable bonds is 5. The molecule has 0 bridgehead atoms. The van der Waals surface area contributed by atoms with Gasteiger partial charge < -0.3 is 10.6 Å². The van der Waals surface area contributed by atoms with Crippen molar-refractivity contribution in [1.29, 1.82) is 0 Å². The number of aryl methyl sites for hydroxylation is 1. The molecule has 0 atom stereocenters. The van der Waals surface area contributed by atoms with Crippen LogP contribution in [0, 0.1) is 5.82 Å². The summed E-state index contributed by atoms with van der Waals surface area (Å²) in [6.45, 7) is 4.66. The van der Waals surface area contributed by atoms with E-state index in [-0.39, 0.29) is 5.91 Å². The Morgan fingerprint density at radius 2 is 2.05 bits per heavy atom. The van der Waals surface area contributed by atoms with Crippen LogP contribution in [0.15, 0.2) is 30.5 Å². The van der Waals surface area contributed by atoms with Gasteiger partial charge in [-0.1, -0.05) is 6.92 Å². The molecule has 0 saturated heterocycles. The van der Waals surface area contributed by atoms with Crippen LogP contribution in [0.5, 0.6) is 0 Å². The smallest absolute Gasteiger partial charge is 0.257 e. The number of carbonyl (C=O) groups is 1. The Bertz CT molecular complexity index is 628. The third kappa shape index (κ3) is 3.98. The molecule has 6 heteroatoms. The number of anilines is 2. The van der Waals surface area contributed by atoms with Crippen molar-refractivity contribution in [2.24, 2.45) is 0 Å². The fourth-order valence-corrected chi connectivity index (χ4v) is 1.81. The molecule has 0 aliphatic rings. The molecule has 2 aromatic rings. The van der Waals surface area contributed by atoms with E-state index in [9.17, 15) is 9.18 Å². The summed E-state index contributed by atoms with van der Waals surface area (Å²) in [6.07, 6.45) is 1.79. The third-order valence-electron chi connectivity index (χ3n) is 2.83. The molecule has 2 heterocycles. The topological polar surface area (TPSA) is 66.9 Å². The fraction of sp³-hybridized carbons (Fsp3) is 0.267. The molecular weight excluding hydrogens is 271 g/mol. The van der Waals surface area contributed by atoms with E-state index in [2.05, 4.69) is 20.6 Å². The molecule has 0 fully saturated rings. The molecule has 0 aromatic carbocycles. The maximum Gasteiger partial charge on any atom is 0.257 e. The molecule has 0 radical (unpaired) electrons. The van der Waals surface area contributed by atoms with E-state index in [0.29, 0.717) is 17.2 Å². The van der Waals surface area contributed by atoms with Crippen LogP contribution < -0.4 is 10.6 Å². The van der Waals surface area contributed by atoms with Crippen molar-refractivity contribution in [3.05, 3.63) is 47.5 Å². The number of carbonyl (C=O) groups excluding carboxylic acids is 1. The number of aromatic nitrogens is 2. The van der Waals surface area contributed by atoms with E-state index < -0.39 is 5.82 Å². The van der Waals surface area contributed by atoms with Gasteiger partial charge in [0.1, 0.15) is 17.5 Å². The van der Waals surface area contributed by atoms with Crippen molar-refractivity contribution in [3.63, 3.8) is 0 Å². The van der Waals surface area contributed by atoms with Crippen molar-refractivity contribution in [3.8, 4) is 0 Å². The summed E-state index contributed by atoms with van der Waals surface area (Å²) >= 11 is 0. The van der Waals surface area contributed by atoms with E-state index in [1.54, 1.807) is 12.1 Å². The Kier molecular flexibility index (Phi) is 4.81. The molecule has 0 aliphatic carbocycles. The quantitative estimate of drug-likeness (QED) is 0.887. The number of nitrogens with one attached hydrogen (secondary N) is 2. The number of hydrogen-bond donors (Lipinski definition) is 2. The van der Waals surface area contributed by atoms with Crippen LogP contribution in [-0.2, 0) is 6.42 Å². The van der Waals surface area contributed by atoms with Gasteiger partial charge in [-0.15, -0.1) is 0 Å². The second kappa shape index (κ2) is 6.78. The van der Waals surface area contributed by atoms with Crippen LogP contribution in [-0.4, -0.2) is 22.4 Å². The standard InChI is InChI=1S/C15H17FN4O/c1-3-12-7-10(8-14(19-12)17-4-2)15(21)20-13-6-5-11(16)9-18-13/h5-9H,3-4H2,1-2H3,(H,17,19)(H,18,20,21). The molecule has 1 amide bonds. The molecule has 5 nitrogen and oxygen atoms in total. The van der Waals surface area contributed by atoms with Gasteiger partial charge in [0.15, 0.2) is 0 Å². The maximum atomic E-state index is 12.8. The number of halogens is 1. The SMILES string of the molecule is CCNc1cc(C(=O)Nc2ccc(F)cn2)cc(CC)n1. The summed E-state index contributed by atoms with van der Waals surface area (Å²) in [5.74, 6) is 0.222. The summed E-state index contributed by atoms with van der Waals surface area (Å²) in [5, 5.41) is 5.73. The van der Waals surface area contributed by atoms with Gasteiger partial charge in [-0.25, -0.2) is 14.4 Å². The highest BCUT2D eigenvalue weighted by molar-refractivity contribution is 6.04. The van der Waals surface area contributed by atoms with Gasteiger partial charge in [0.25, 0.3) is 5.91 Å². The average molecular weight is 288 g/mol. The molecule has 0 saturated carbocycles. The van der Waals surface area contributed by atoms with Gasteiger partial charge in [-0.2, -0.15) is 0 Å². The maximum absolute atomic E-state index is 12.8. The molecule has 110 valence electrons. The van der Waals surface area contributed by atoms with Crippen LogP contribution >= 0.6 is 0 Å². The minimum Gasteiger partial charge on any atom is -0.370 e.